The number of carbonyl (C=O) groups is 2. The molecular weight excluding hydrogens is 471 g/mol. The van der Waals surface area contributed by atoms with Crippen molar-refractivity contribution in [2.75, 3.05) is 11.9 Å². The van der Waals surface area contributed by atoms with Crippen molar-refractivity contribution in [3.05, 3.63) is 58.5 Å². The van der Waals surface area contributed by atoms with Gasteiger partial charge in [0.25, 0.3) is 0 Å². The van der Waals surface area contributed by atoms with Gasteiger partial charge in [-0.05, 0) is 43.7 Å². The minimum atomic E-state index is -0.499. The maximum Gasteiger partial charge on any atom is 0.237 e. The molecule has 1 aliphatic heterocycles. The number of amides is 2. The van der Waals surface area contributed by atoms with Crippen molar-refractivity contribution in [2.45, 2.75) is 36.7 Å². The molecular formula is C21H20Cl2N6O2S. The Hall–Kier alpha value is -2.62. The number of hydrogen-bond donors (Lipinski definition) is 1. The van der Waals surface area contributed by atoms with Crippen LogP contribution in [-0.4, -0.2) is 48.3 Å². The quantitative estimate of drug-likeness (QED) is 0.498. The number of thioether (sulfide) groups is 1. The number of carbonyl (C=O) groups excluding carboxylic acids is 2. The van der Waals surface area contributed by atoms with E-state index >= 15 is 0 Å². The Bertz CT molecular complexity index is 1120. The van der Waals surface area contributed by atoms with Crippen LogP contribution in [0.4, 0.5) is 5.69 Å². The van der Waals surface area contributed by atoms with Gasteiger partial charge in [0.05, 0.1) is 11.8 Å². The lowest BCUT2D eigenvalue weighted by atomic mass is 10.3. The monoisotopic (exact) mass is 490 g/mol. The van der Waals surface area contributed by atoms with E-state index in [1.54, 1.807) is 40.8 Å². The van der Waals surface area contributed by atoms with Crippen LogP contribution in [0.25, 0.3) is 5.82 Å². The van der Waals surface area contributed by atoms with Gasteiger partial charge in [-0.2, -0.15) is 0 Å². The second-order valence-corrected chi connectivity index (χ2v) is 9.43. The molecule has 3 heterocycles. The Morgan fingerprint density at radius 2 is 2.00 bits per heavy atom. The molecule has 0 radical (unpaired) electrons. The maximum atomic E-state index is 12.8. The molecule has 0 spiro atoms. The van der Waals surface area contributed by atoms with Crippen LogP contribution in [0.3, 0.4) is 0 Å². The van der Waals surface area contributed by atoms with Gasteiger partial charge in [-0.1, -0.05) is 41.0 Å². The van der Waals surface area contributed by atoms with Gasteiger partial charge in [-0.3, -0.25) is 14.2 Å². The number of halogens is 2. The fraction of sp³-hybridized carbons (Fsp3) is 0.286. The van der Waals surface area contributed by atoms with E-state index in [4.69, 9.17) is 23.2 Å². The Morgan fingerprint density at radius 3 is 2.66 bits per heavy atom. The number of anilines is 1. The van der Waals surface area contributed by atoms with Gasteiger partial charge in [-0.15, -0.1) is 10.2 Å². The molecule has 0 unspecified atom stereocenters. The lowest BCUT2D eigenvalue weighted by Gasteiger charge is -2.17. The van der Waals surface area contributed by atoms with Crippen LogP contribution in [0, 0.1) is 0 Å². The van der Waals surface area contributed by atoms with E-state index in [-0.39, 0.29) is 11.8 Å². The number of hydrogen-bond acceptors (Lipinski definition) is 6. The van der Waals surface area contributed by atoms with Crippen LogP contribution in [0.5, 0.6) is 0 Å². The summed E-state index contributed by atoms with van der Waals surface area (Å²) in [6, 6.07) is 10.4. The zero-order valence-corrected chi connectivity index (χ0v) is 19.5. The minimum absolute atomic E-state index is 0.0997. The molecule has 0 saturated carbocycles. The van der Waals surface area contributed by atoms with Crippen molar-refractivity contribution in [1.29, 1.82) is 0 Å². The molecule has 2 aromatic heterocycles. The van der Waals surface area contributed by atoms with Crippen LogP contribution in [-0.2, 0) is 16.1 Å². The number of pyridine rings is 1. The maximum absolute atomic E-state index is 12.8. The topological polar surface area (TPSA) is 93.0 Å². The van der Waals surface area contributed by atoms with Gasteiger partial charge in [0, 0.05) is 34.9 Å². The number of nitrogens with zero attached hydrogens (tertiary/aromatic N) is 5. The van der Waals surface area contributed by atoms with Gasteiger partial charge in [0.2, 0.25) is 11.8 Å². The summed E-state index contributed by atoms with van der Waals surface area (Å²) in [4.78, 5) is 31.0. The predicted octanol–water partition coefficient (Wildman–Crippen LogP) is 4.21. The molecule has 1 N–H and O–H groups in total. The van der Waals surface area contributed by atoms with Crippen LogP contribution in [0.1, 0.15) is 25.6 Å². The summed E-state index contributed by atoms with van der Waals surface area (Å²) in [5.74, 6) is 1.08. The average molecular weight is 491 g/mol. The summed E-state index contributed by atoms with van der Waals surface area (Å²) >= 11 is 13.3. The molecule has 2 amide bonds. The van der Waals surface area contributed by atoms with Crippen molar-refractivity contribution in [2.24, 2.45) is 0 Å². The van der Waals surface area contributed by atoms with Gasteiger partial charge in [0.1, 0.15) is 5.82 Å². The first-order valence-electron chi connectivity index (χ1n) is 9.98. The van der Waals surface area contributed by atoms with E-state index in [0.29, 0.717) is 52.0 Å². The molecule has 1 atom stereocenters. The Labute approximate surface area is 199 Å². The molecule has 8 nitrogen and oxygen atoms in total. The molecule has 0 aliphatic carbocycles. The minimum Gasteiger partial charge on any atom is -0.335 e. The molecule has 3 aromatic rings. The first-order chi connectivity index (χ1) is 15.4. The summed E-state index contributed by atoms with van der Waals surface area (Å²) in [5, 5.41) is 12.3. The highest BCUT2D eigenvalue weighted by atomic mass is 35.5. The summed E-state index contributed by atoms with van der Waals surface area (Å²) in [6.45, 7) is 2.80. The predicted molar refractivity (Wildman–Crippen MR) is 124 cm³/mol. The van der Waals surface area contributed by atoms with E-state index in [1.165, 1.54) is 11.8 Å². The van der Waals surface area contributed by atoms with Crippen molar-refractivity contribution < 1.29 is 9.59 Å². The molecule has 1 aromatic carbocycles. The molecule has 1 saturated heterocycles. The van der Waals surface area contributed by atoms with Crippen molar-refractivity contribution in [1.82, 2.24) is 24.6 Å². The third-order valence-corrected chi connectivity index (χ3v) is 6.34. The van der Waals surface area contributed by atoms with E-state index in [9.17, 15) is 9.59 Å². The van der Waals surface area contributed by atoms with Crippen LogP contribution < -0.4 is 5.32 Å². The zero-order valence-electron chi connectivity index (χ0n) is 17.2. The van der Waals surface area contributed by atoms with E-state index < -0.39 is 5.25 Å². The average Bonchev–Trinajstić information content (AvgIpc) is 3.34. The number of rotatable bonds is 7. The molecule has 166 valence electrons. The van der Waals surface area contributed by atoms with Gasteiger partial charge < -0.3 is 10.2 Å². The third-order valence-electron chi connectivity index (χ3n) is 4.86. The number of benzene rings is 1. The molecule has 0 bridgehead atoms. The van der Waals surface area contributed by atoms with Crippen LogP contribution in [0.15, 0.2) is 47.8 Å². The highest BCUT2D eigenvalue weighted by molar-refractivity contribution is 8.00. The number of likely N-dealkylation sites (tertiary alicyclic amines) is 1. The number of nitrogens with one attached hydrogen (secondary N) is 1. The first-order valence-corrected chi connectivity index (χ1v) is 11.6. The van der Waals surface area contributed by atoms with E-state index in [2.05, 4.69) is 20.5 Å². The SMILES string of the molecule is C[C@@H](Sc1nnc(CN2CCCC2=O)n1-c1ccccn1)C(=O)Nc1cc(Cl)cc(Cl)c1. The molecule has 11 heteroatoms. The standard InChI is InChI=1S/C21H20Cl2N6O2S/c1-13(20(31)25-16-10-14(22)9-15(23)11-16)32-21-27-26-18(12-28-8-4-6-19(28)30)29(21)17-5-2-3-7-24-17/h2-3,5,7,9-11,13H,4,6,8,12H2,1H3,(H,25,31)/t13-/m1/s1. The van der Waals surface area contributed by atoms with Crippen molar-refractivity contribution >= 4 is 52.5 Å². The van der Waals surface area contributed by atoms with Gasteiger partial charge >= 0.3 is 0 Å². The Kier molecular flexibility index (Phi) is 6.98. The smallest absolute Gasteiger partial charge is 0.237 e. The van der Waals surface area contributed by atoms with Gasteiger partial charge in [-0.25, -0.2) is 4.98 Å². The second kappa shape index (κ2) is 9.89. The highest BCUT2D eigenvalue weighted by Gasteiger charge is 2.26. The zero-order chi connectivity index (χ0) is 22.7. The summed E-state index contributed by atoms with van der Waals surface area (Å²) in [5.41, 5.74) is 0.513. The van der Waals surface area contributed by atoms with E-state index in [0.717, 1.165) is 6.42 Å². The Balaban J connectivity index is 1.55. The van der Waals surface area contributed by atoms with Crippen LogP contribution in [0.2, 0.25) is 10.0 Å². The first kappa shape index (κ1) is 22.6. The molecule has 4 rings (SSSR count). The van der Waals surface area contributed by atoms with E-state index in [1.807, 2.05) is 18.2 Å². The normalized spacial score (nSPS) is 14.6. The number of aromatic nitrogens is 4. The summed E-state index contributed by atoms with van der Waals surface area (Å²) in [6.07, 6.45) is 3.06. The lowest BCUT2D eigenvalue weighted by Crippen LogP contribution is -2.26. The highest BCUT2D eigenvalue weighted by Crippen LogP contribution is 2.28. The summed E-state index contributed by atoms with van der Waals surface area (Å²) < 4.78 is 1.79. The molecule has 1 aliphatic rings. The molecule has 1 fully saturated rings. The second-order valence-electron chi connectivity index (χ2n) is 7.25. The largest absolute Gasteiger partial charge is 0.335 e. The Morgan fingerprint density at radius 1 is 1.22 bits per heavy atom. The fourth-order valence-electron chi connectivity index (χ4n) is 3.32. The molecule has 32 heavy (non-hydrogen) atoms. The summed E-state index contributed by atoms with van der Waals surface area (Å²) in [7, 11) is 0. The van der Waals surface area contributed by atoms with Crippen molar-refractivity contribution in [3.63, 3.8) is 0 Å². The lowest BCUT2D eigenvalue weighted by molar-refractivity contribution is -0.128. The fourth-order valence-corrected chi connectivity index (χ4v) is 4.72. The van der Waals surface area contributed by atoms with Crippen molar-refractivity contribution in [3.8, 4) is 5.82 Å². The van der Waals surface area contributed by atoms with Crippen LogP contribution >= 0.6 is 35.0 Å². The third kappa shape index (κ3) is 5.23. The van der Waals surface area contributed by atoms with Gasteiger partial charge in [0.15, 0.2) is 11.0 Å².